The number of hydrogen-bond donors (Lipinski definition) is 0. The molecule has 0 aromatic heterocycles. The highest BCUT2D eigenvalue weighted by molar-refractivity contribution is 6.97. The van der Waals surface area contributed by atoms with Crippen molar-refractivity contribution in [2.45, 2.75) is 33.1 Å². The highest BCUT2D eigenvalue weighted by Crippen LogP contribution is 2.33. The third-order valence-electron chi connectivity index (χ3n) is 2.12. The maximum Gasteiger partial charge on any atom is 0.250 e. The summed E-state index contributed by atoms with van der Waals surface area (Å²) in [5.41, 5.74) is 0. The molecule has 0 unspecified atom stereocenters. The fraction of sp³-hybridized carbons (Fsp3) is 1.00. The van der Waals surface area contributed by atoms with E-state index in [1.54, 1.807) is 0 Å². The number of hydrogen-bond acceptors (Lipinski definition) is 2. The highest BCUT2D eigenvalue weighted by atomic mass is 28.5. The standard InChI is InChI=1S/C6H17NOSi2/c1-6-7-9(2,3)8-10(7,4)5/h6H2,1-5H3. The van der Waals surface area contributed by atoms with Gasteiger partial charge in [0, 0.05) is 0 Å². The number of nitrogens with zero attached hydrogens (tertiary/aromatic N) is 1. The summed E-state index contributed by atoms with van der Waals surface area (Å²) < 4.78 is 8.53. The summed E-state index contributed by atoms with van der Waals surface area (Å²) >= 11 is 0. The molecule has 60 valence electrons. The number of rotatable bonds is 1. The van der Waals surface area contributed by atoms with Gasteiger partial charge in [-0.25, -0.2) is 0 Å². The van der Waals surface area contributed by atoms with Gasteiger partial charge in [0.05, 0.1) is 0 Å². The molecule has 0 aromatic carbocycles. The van der Waals surface area contributed by atoms with E-state index in [0.29, 0.717) is 0 Å². The summed E-state index contributed by atoms with van der Waals surface area (Å²) in [5, 5.41) is 0. The zero-order valence-electron chi connectivity index (χ0n) is 7.56. The van der Waals surface area contributed by atoms with Gasteiger partial charge < -0.3 is 8.35 Å². The lowest BCUT2D eigenvalue weighted by atomic mass is 10.8. The first-order valence-corrected chi connectivity index (χ1v) is 9.59. The minimum atomic E-state index is -1.32. The smallest absolute Gasteiger partial charge is 0.250 e. The van der Waals surface area contributed by atoms with Crippen LogP contribution in [0.3, 0.4) is 0 Å². The lowest BCUT2D eigenvalue weighted by molar-refractivity contribution is 0.322. The lowest BCUT2D eigenvalue weighted by Crippen LogP contribution is -2.78. The molecule has 0 spiro atoms. The second-order valence-electron chi connectivity index (χ2n) is 3.74. The molecule has 10 heavy (non-hydrogen) atoms. The largest absolute Gasteiger partial charge is 0.433 e. The van der Waals surface area contributed by atoms with Crippen LogP contribution in [-0.4, -0.2) is 27.7 Å². The van der Waals surface area contributed by atoms with Crippen LogP contribution in [0.25, 0.3) is 0 Å². The van der Waals surface area contributed by atoms with Gasteiger partial charge in [0.1, 0.15) is 0 Å². The van der Waals surface area contributed by atoms with E-state index in [1.165, 1.54) is 6.54 Å². The van der Waals surface area contributed by atoms with E-state index in [0.717, 1.165) is 0 Å². The van der Waals surface area contributed by atoms with Crippen molar-refractivity contribution in [3.05, 3.63) is 0 Å². The Kier molecular flexibility index (Phi) is 1.83. The minimum absolute atomic E-state index is 1.18. The van der Waals surface area contributed by atoms with E-state index in [-0.39, 0.29) is 0 Å². The van der Waals surface area contributed by atoms with Crippen LogP contribution in [0.15, 0.2) is 0 Å². The van der Waals surface area contributed by atoms with Crippen LogP contribution < -0.4 is 0 Å². The molecule has 1 fully saturated rings. The molecule has 0 N–H and O–H groups in total. The Morgan fingerprint density at radius 3 is 1.60 bits per heavy atom. The lowest BCUT2D eigenvalue weighted by Gasteiger charge is -2.57. The fourth-order valence-electron chi connectivity index (χ4n) is 2.09. The zero-order chi connectivity index (χ0) is 7.99. The van der Waals surface area contributed by atoms with Crippen molar-refractivity contribution in [2.75, 3.05) is 6.54 Å². The van der Waals surface area contributed by atoms with Crippen LogP contribution >= 0.6 is 0 Å². The monoisotopic (exact) mass is 175 g/mol. The average molecular weight is 175 g/mol. The predicted molar refractivity (Wildman–Crippen MR) is 48.4 cm³/mol. The van der Waals surface area contributed by atoms with Gasteiger partial charge in [0.25, 0.3) is 0 Å². The SMILES string of the molecule is CCN1[Si](C)(C)O[Si]1(C)C. The Balaban J connectivity index is 2.64. The molecule has 0 saturated carbocycles. The molecule has 0 aliphatic carbocycles. The summed E-state index contributed by atoms with van der Waals surface area (Å²) in [7, 11) is -2.64. The maximum absolute atomic E-state index is 5.92. The topological polar surface area (TPSA) is 12.5 Å². The first kappa shape index (κ1) is 8.45. The van der Waals surface area contributed by atoms with Crippen LogP contribution in [0.4, 0.5) is 0 Å². The Labute approximate surface area is 65.6 Å². The molecule has 1 aliphatic rings. The van der Waals surface area contributed by atoms with Crippen molar-refractivity contribution in [3.8, 4) is 0 Å². The van der Waals surface area contributed by atoms with Gasteiger partial charge in [-0.15, -0.1) is 0 Å². The van der Waals surface area contributed by atoms with E-state index in [4.69, 9.17) is 4.12 Å². The fourth-order valence-corrected chi connectivity index (χ4v) is 14.3. The van der Waals surface area contributed by atoms with Crippen molar-refractivity contribution < 1.29 is 4.12 Å². The highest BCUT2D eigenvalue weighted by Gasteiger charge is 2.54. The van der Waals surface area contributed by atoms with Crippen LogP contribution in [0.1, 0.15) is 6.92 Å². The zero-order valence-corrected chi connectivity index (χ0v) is 9.56. The van der Waals surface area contributed by atoms with Crippen molar-refractivity contribution in [2.24, 2.45) is 0 Å². The molecule has 0 radical (unpaired) electrons. The first-order valence-electron chi connectivity index (χ1n) is 3.88. The molecule has 2 nitrogen and oxygen atoms in total. The minimum Gasteiger partial charge on any atom is -0.433 e. The molecule has 1 rings (SSSR count). The summed E-state index contributed by atoms with van der Waals surface area (Å²) in [6, 6.07) is 0. The van der Waals surface area contributed by atoms with E-state index in [9.17, 15) is 0 Å². The van der Waals surface area contributed by atoms with Crippen LogP contribution in [-0.2, 0) is 4.12 Å². The Morgan fingerprint density at radius 2 is 1.50 bits per heavy atom. The molecule has 4 heteroatoms. The summed E-state index contributed by atoms with van der Waals surface area (Å²) in [5.74, 6) is 0. The van der Waals surface area contributed by atoms with Crippen molar-refractivity contribution in [3.63, 3.8) is 0 Å². The molecular formula is C6H17NOSi2. The molecule has 0 aromatic rings. The van der Waals surface area contributed by atoms with Gasteiger partial charge in [-0.05, 0) is 32.7 Å². The van der Waals surface area contributed by atoms with Crippen molar-refractivity contribution in [1.82, 2.24) is 4.23 Å². The molecular weight excluding hydrogens is 158 g/mol. The second kappa shape index (κ2) is 2.17. The van der Waals surface area contributed by atoms with Gasteiger partial charge in [-0.1, -0.05) is 6.92 Å². The molecule has 1 heterocycles. The van der Waals surface area contributed by atoms with Crippen molar-refractivity contribution >= 4 is 17.0 Å². The molecule has 0 atom stereocenters. The quantitative estimate of drug-likeness (QED) is 0.563. The van der Waals surface area contributed by atoms with E-state index in [2.05, 4.69) is 37.3 Å². The summed E-state index contributed by atoms with van der Waals surface area (Å²) in [4.78, 5) is 0. The van der Waals surface area contributed by atoms with Crippen LogP contribution in [0.5, 0.6) is 0 Å². The normalized spacial score (nSPS) is 29.7. The predicted octanol–water partition coefficient (Wildman–Crippen LogP) is 1.74. The first-order chi connectivity index (χ1) is 4.40. The second-order valence-corrected chi connectivity index (χ2v) is 11.9. The molecule has 0 amide bonds. The summed E-state index contributed by atoms with van der Waals surface area (Å²) in [6.45, 7) is 12.5. The Bertz CT molecular complexity index is 133. The van der Waals surface area contributed by atoms with Crippen molar-refractivity contribution in [1.29, 1.82) is 0 Å². The third-order valence-corrected chi connectivity index (χ3v) is 12.6. The Morgan fingerprint density at radius 1 is 1.10 bits per heavy atom. The molecule has 0 bridgehead atoms. The van der Waals surface area contributed by atoms with E-state index < -0.39 is 17.0 Å². The molecule has 1 aliphatic heterocycles. The van der Waals surface area contributed by atoms with Gasteiger partial charge in [-0.2, -0.15) is 0 Å². The van der Waals surface area contributed by atoms with Gasteiger partial charge >= 0.3 is 0 Å². The molecule has 1 saturated heterocycles. The summed E-state index contributed by atoms with van der Waals surface area (Å²) in [6.07, 6.45) is 0. The average Bonchev–Trinajstić information content (AvgIpc) is 1.59. The van der Waals surface area contributed by atoms with E-state index >= 15 is 0 Å². The van der Waals surface area contributed by atoms with Gasteiger partial charge in [0.2, 0.25) is 17.0 Å². The van der Waals surface area contributed by atoms with E-state index in [1.807, 2.05) is 0 Å². The maximum atomic E-state index is 5.92. The third kappa shape index (κ3) is 1.09. The van der Waals surface area contributed by atoms with Crippen LogP contribution in [0.2, 0.25) is 26.2 Å². The van der Waals surface area contributed by atoms with Crippen LogP contribution in [0, 0.1) is 0 Å². The van der Waals surface area contributed by atoms with Gasteiger partial charge in [0.15, 0.2) is 0 Å². The van der Waals surface area contributed by atoms with Gasteiger partial charge in [-0.3, -0.25) is 0 Å². The Hall–Kier alpha value is 0.354.